The summed E-state index contributed by atoms with van der Waals surface area (Å²) < 4.78 is 47.6. The van der Waals surface area contributed by atoms with Crippen LogP contribution in [0.15, 0.2) is 48.5 Å². The number of aliphatic hydroxyl groups is 2. The number of aliphatic hydroxyl groups excluding tert-OH is 2. The smallest absolute Gasteiger partial charge is 0.126 e. The highest BCUT2D eigenvalue weighted by atomic mass is 32.3. The van der Waals surface area contributed by atoms with E-state index in [1.165, 1.54) is 409 Å². The maximum absolute atomic E-state index is 10.5. The van der Waals surface area contributed by atoms with Gasteiger partial charge in [0.05, 0.1) is 54.5 Å². The van der Waals surface area contributed by atoms with Crippen LogP contribution in [0.2, 0.25) is 0 Å². The van der Waals surface area contributed by atoms with E-state index in [1.807, 2.05) is 0 Å². The fourth-order valence-electron chi connectivity index (χ4n) is 14.7. The molecule has 0 aliphatic rings. The largest absolute Gasteiger partial charge is 0.759 e. The molecule has 103 heavy (non-hydrogen) atoms. The van der Waals surface area contributed by atoms with Gasteiger partial charge >= 0.3 is 0 Å². The summed E-state index contributed by atoms with van der Waals surface area (Å²) in [7, 11) is 3.90. The van der Waals surface area contributed by atoms with Crippen LogP contribution in [0.25, 0.3) is 10.8 Å². The van der Waals surface area contributed by atoms with Crippen molar-refractivity contribution in [1.29, 1.82) is 0 Å². The average molecular weight is 1470 g/mol. The molecular weight excluding hydrogens is 1290 g/mol. The highest BCUT2D eigenvalue weighted by molar-refractivity contribution is 7.79. The molecule has 2 rings (SSSR count). The highest BCUT2D eigenvalue weighted by Gasteiger charge is 2.22. The maximum atomic E-state index is 10.5. The van der Waals surface area contributed by atoms with E-state index in [0.717, 1.165) is 61.2 Å². The minimum Gasteiger partial charge on any atom is -0.759 e. The molecule has 0 bridgehead atoms. The van der Waals surface area contributed by atoms with Gasteiger partial charge in [-0.3, -0.25) is 8.42 Å². The molecule has 612 valence electrons. The third kappa shape index (κ3) is 89.1. The quantitative estimate of drug-likeness (QED) is 0.0289. The van der Waals surface area contributed by atoms with E-state index < -0.39 is 10.4 Å². The Morgan fingerprint density at radius 2 is 0.427 bits per heavy atom. The van der Waals surface area contributed by atoms with Crippen LogP contribution in [-0.4, -0.2) is 130 Å². The molecule has 10 nitrogen and oxygen atoms in total. The second-order valence-electron chi connectivity index (χ2n) is 33.1. The number of unbranched alkanes of at least 4 members (excludes halogenated alkanes) is 60. The van der Waals surface area contributed by atoms with Crippen molar-refractivity contribution in [1.82, 2.24) is 0 Å². The van der Waals surface area contributed by atoms with Gasteiger partial charge in [0.2, 0.25) is 0 Å². The van der Waals surface area contributed by atoms with Gasteiger partial charge in [0.1, 0.15) is 25.3 Å². The van der Waals surface area contributed by atoms with E-state index in [9.17, 15) is 10.2 Å². The lowest BCUT2D eigenvalue weighted by Gasteiger charge is -2.32. The van der Waals surface area contributed by atoms with Crippen molar-refractivity contribution in [2.75, 3.05) is 80.8 Å². The summed E-state index contributed by atoms with van der Waals surface area (Å²) in [5.41, 5.74) is 0. The van der Waals surface area contributed by atoms with Crippen LogP contribution in [0.3, 0.4) is 0 Å². The zero-order chi connectivity index (χ0) is 75.8. The molecular formula is C92H180N2O8S. The van der Waals surface area contributed by atoms with Crippen LogP contribution in [0.4, 0.5) is 0 Å². The first kappa shape index (κ1) is 103. The fourth-order valence-corrected chi connectivity index (χ4v) is 14.7. The number of ether oxygens (including phenoxy) is 2. The summed E-state index contributed by atoms with van der Waals surface area (Å²) in [4.78, 5) is 0. The monoisotopic (exact) mass is 1470 g/mol. The van der Waals surface area contributed by atoms with Gasteiger partial charge < -0.3 is 37.8 Å². The van der Waals surface area contributed by atoms with Gasteiger partial charge in [-0.15, -0.1) is 0 Å². The maximum Gasteiger partial charge on any atom is 0.126 e. The summed E-state index contributed by atoms with van der Waals surface area (Å²) >= 11 is 0. The van der Waals surface area contributed by atoms with Crippen LogP contribution in [0, 0.1) is 0 Å². The highest BCUT2D eigenvalue weighted by Crippen LogP contribution is 2.20. The number of quaternary nitrogens is 2. The van der Waals surface area contributed by atoms with E-state index in [0.29, 0.717) is 13.2 Å². The Balaban J connectivity index is 0. The molecule has 2 aromatic carbocycles. The molecule has 2 aromatic rings. The van der Waals surface area contributed by atoms with Crippen molar-refractivity contribution in [2.24, 2.45) is 0 Å². The Bertz CT molecular complexity index is 1870. The minimum atomic E-state index is -5.17. The number of nitrogens with zero attached hydrogens (tertiary/aromatic N) is 2. The lowest BCUT2D eigenvalue weighted by atomic mass is 10.0. The van der Waals surface area contributed by atoms with E-state index in [-0.39, 0.29) is 12.2 Å². The second-order valence-corrected chi connectivity index (χ2v) is 33.9. The minimum absolute atomic E-state index is 0.341. The van der Waals surface area contributed by atoms with E-state index in [1.54, 1.807) is 0 Å². The summed E-state index contributed by atoms with van der Waals surface area (Å²) in [6.45, 7) is 15.7. The van der Waals surface area contributed by atoms with Crippen molar-refractivity contribution < 1.29 is 46.2 Å². The standard InChI is InChI=1S/2C41H86NO2.C10H8.H2O4S/c2*1-5-7-9-11-13-15-17-19-21-23-25-27-29-31-33-35-37-42(3,4)39-41(43)40-44-38-36-34-32-30-28-26-24-22-20-18-16-14-12-10-8-6-2;1-2-6-10-8-4-3-7-9(10)5-1;1-5(2,3)4/h2*41,43H,5-40H2,1-4H3;1-8H;(H2,1,2,3,4)/q2*+1;;/p-2. The normalized spacial score (nSPS) is 12.4. The Kier molecular flexibility index (Phi) is 81.6. The zero-order valence-corrected chi connectivity index (χ0v) is 71.1. The SMILES string of the molecule is CCCCCCCCCCCCCCCCCCOCC(O)C[N+](C)(C)CCCCCCCCCCCCCCCCCC.CCCCCCCCCCCCCCCCCCOCC(O)C[N+](C)(C)CCCCCCCCCCCCCCCCCC.O=S(=O)([O-])[O-].c1ccc2ccccc2c1. The summed E-state index contributed by atoms with van der Waals surface area (Å²) in [5, 5.41) is 23.6. The zero-order valence-electron chi connectivity index (χ0n) is 70.3. The average Bonchev–Trinajstić information content (AvgIpc) is 0.901. The molecule has 0 heterocycles. The molecule has 11 heteroatoms. The predicted molar refractivity (Wildman–Crippen MR) is 450 cm³/mol. The van der Waals surface area contributed by atoms with E-state index in [2.05, 4.69) is 104 Å². The molecule has 0 aliphatic carbocycles. The van der Waals surface area contributed by atoms with Crippen molar-refractivity contribution >= 4 is 21.2 Å². The summed E-state index contributed by atoms with van der Waals surface area (Å²) in [5.74, 6) is 0. The van der Waals surface area contributed by atoms with Crippen LogP contribution < -0.4 is 0 Å². The first-order chi connectivity index (χ1) is 50.0. The number of benzene rings is 2. The van der Waals surface area contributed by atoms with E-state index in [4.69, 9.17) is 27.0 Å². The molecule has 0 saturated carbocycles. The Hall–Kier alpha value is -1.67. The molecule has 0 amide bonds. The second kappa shape index (κ2) is 81.3. The molecule has 0 saturated heterocycles. The van der Waals surface area contributed by atoms with Gasteiger partial charge in [-0.05, 0) is 49.3 Å². The van der Waals surface area contributed by atoms with Gasteiger partial charge in [0.15, 0.2) is 0 Å². The van der Waals surface area contributed by atoms with Crippen molar-refractivity contribution in [3.8, 4) is 0 Å². The lowest BCUT2D eigenvalue weighted by molar-refractivity contribution is -0.893. The molecule has 0 fully saturated rings. The Morgan fingerprint density at radius 1 is 0.282 bits per heavy atom. The van der Waals surface area contributed by atoms with Crippen molar-refractivity contribution in [2.45, 2.75) is 451 Å². The molecule has 0 radical (unpaired) electrons. The summed E-state index contributed by atoms with van der Waals surface area (Å²) in [6.07, 6.45) is 89.4. The molecule has 0 spiro atoms. The molecule has 2 N–H and O–H groups in total. The van der Waals surface area contributed by atoms with Crippen molar-refractivity contribution in [3.05, 3.63) is 48.5 Å². The van der Waals surface area contributed by atoms with Crippen LogP contribution in [0.1, 0.15) is 439 Å². The van der Waals surface area contributed by atoms with Gasteiger partial charge in [-0.1, -0.05) is 449 Å². The van der Waals surface area contributed by atoms with Crippen LogP contribution >= 0.6 is 0 Å². The first-order valence-electron chi connectivity index (χ1n) is 45.3. The van der Waals surface area contributed by atoms with E-state index >= 15 is 0 Å². The Morgan fingerprint density at radius 3 is 0.592 bits per heavy atom. The van der Waals surface area contributed by atoms with Crippen LogP contribution in [-0.2, 0) is 19.9 Å². The number of likely N-dealkylation sites (N-methyl/N-ethyl adjacent to an activating group) is 2. The van der Waals surface area contributed by atoms with Gasteiger partial charge in [-0.2, -0.15) is 0 Å². The van der Waals surface area contributed by atoms with Crippen molar-refractivity contribution in [3.63, 3.8) is 0 Å². The van der Waals surface area contributed by atoms with Gasteiger partial charge in [0, 0.05) is 23.6 Å². The molecule has 2 unspecified atom stereocenters. The molecule has 0 aromatic heterocycles. The number of rotatable bonds is 76. The third-order valence-electron chi connectivity index (χ3n) is 21.2. The van der Waals surface area contributed by atoms with Gasteiger partial charge in [0.25, 0.3) is 0 Å². The third-order valence-corrected chi connectivity index (χ3v) is 21.2. The fraction of sp³-hybridized carbons (Fsp3) is 0.891. The first-order valence-corrected chi connectivity index (χ1v) is 46.6. The molecule has 2 atom stereocenters. The topological polar surface area (TPSA) is 139 Å². The lowest BCUT2D eigenvalue weighted by Crippen LogP contribution is -2.47. The van der Waals surface area contributed by atoms with Gasteiger partial charge in [-0.25, -0.2) is 0 Å². The van der Waals surface area contributed by atoms with Crippen LogP contribution in [0.5, 0.6) is 0 Å². The number of hydrogen-bond acceptors (Lipinski definition) is 8. The summed E-state index contributed by atoms with van der Waals surface area (Å²) in [6, 6.07) is 16.7. The number of hydrogen-bond donors (Lipinski definition) is 2. The number of fused-ring (bicyclic) bond motifs is 1. The predicted octanol–water partition coefficient (Wildman–Crippen LogP) is 27.4. The molecule has 0 aliphatic heterocycles. The Labute approximate surface area is 643 Å².